The van der Waals surface area contributed by atoms with Gasteiger partial charge in [-0.15, -0.1) is 4.28 Å². The number of piperidine rings is 1. The molecule has 2 bridgehead atoms. The summed E-state index contributed by atoms with van der Waals surface area (Å²) >= 11 is 0. The molecule has 4 amide bonds. The predicted octanol–water partition coefficient (Wildman–Crippen LogP) is 0.942. The molecule has 4 rings (SSSR count). The summed E-state index contributed by atoms with van der Waals surface area (Å²) in [7, 11) is -4.82. The predicted molar refractivity (Wildman–Crippen MR) is 109 cm³/mol. The van der Waals surface area contributed by atoms with Crippen molar-refractivity contribution in [1.29, 1.82) is 0 Å². The van der Waals surface area contributed by atoms with Crippen molar-refractivity contribution in [2.24, 2.45) is 5.41 Å². The van der Waals surface area contributed by atoms with E-state index < -0.39 is 40.2 Å². The Hall–Kier alpha value is -2.12. The molecule has 3 N–H and O–H groups in total. The highest BCUT2D eigenvalue weighted by Crippen LogP contribution is 2.56. The van der Waals surface area contributed by atoms with E-state index in [-0.39, 0.29) is 30.0 Å². The van der Waals surface area contributed by atoms with Crippen molar-refractivity contribution in [2.45, 2.75) is 89.1 Å². The van der Waals surface area contributed by atoms with Crippen LogP contribution in [-0.2, 0) is 24.2 Å². The van der Waals surface area contributed by atoms with Crippen LogP contribution in [0.3, 0.4) is 0 Å². The summed E-state index contributed by atoms with van der Waals surface area (Å²) in [5.41, 5.74) is -0.415. The fourth-order valence-electron chi connectivity index (χ4n) is 5.38. The van der Waals surface area contributed by atoms with Crippen LogP contribution in [-0.4, -0.2) is 77.3 Å². The molecule has 13 heteroatoms. The van der Waals surface area contributed by atoms with Gasteiger partial charge in [0, 0.05) is 18.6 Å². The maximum absolute atomic E-state index is 12.8. The zero-order chi connectivity index (χ0) is 23.5. The van der Waals surface area contributed by atoms with Gasteiger partial charge in [0.15, 0.2) is 0 Å². The Bertz CT molecular complexity index is 903. The lowest BCUT2D eigenvalue weighted by Gasteiger charge is -2.57. The van der Waals surface area contributed by atoms with Crippen molar-refractivity contribution in [3.05, 3.63) is 0 Å². The molecule has 2 unspecified atom stereocenters. The SMILES string of the molecule is CC(C)(C)OC(=O)NC1CC2(C1)CC(NC(=O)C1CCC3CN1C(=O)N3OS(=O)(=O)O)C2. The number of rotatable bonds is 5. The molecule has 4 aliphatic rings. The number of alkyl carbamates (subject to hydrolysis) is 1. The van der Waals surface area contributed by atoms with Crippen molar-refractivity contribution >= 4 is 28.4 Å². The molecule has 4 fully saturated rings. The Labute approximate surface area is 186 Å². The highest BCUT2D eigenvalue weighted by atomic mass is 32.3. The Kier molecular flexibility index (Phi) is 5.57. The summed E-state index contributed by atoms with van der Waals surface area (Å²) in [6, 6.07) is -1.89. The average Bonchev–Trinajstić information content (AvgIpc) is 2.80. The molecular formula is C19H30N4O8S. The van der Waals surface area contributed by atoms with Crippen LogP contribution in [0, 0.1) is 5.41 Å². The van der Waals surface area contributed by atoms with Crippen LogP contribution < -0.4 is 10.6 Å². The first kappa shape index (κ1) is 23.1. The summed E-state index contributed by atoms with van der Waals surface area (Å²) in [4.78, 5) is 38.4. The van der Waals surface area contributed by atoms with Crippen LogP contribution in [0.5, 0.6) is 0 Å². The molecule has 2 aliphatic carbocycles. The topological polar surface area (TPSA) is 155 Å². The summed E-state index contributed by atoms with van der Waals surface area (Å²) < 4.78 is 40.5. The Morgan fingerprint density at radius 1 is 1.09 bits per heavy atom. The summed E-state index contributed by atoms with van der Waals surface area (Å²) in [5, 5.41) is 6.50. The second-order valence-corrected chi connectivity index (χ2v) is 11.4. The molecule has 0 aromatic heterocycles. The zero-order valence-corrected chi connectivity index (χ0v) is 19.2. The quantitative estimate of drug-likeness (QED) is 0.497. The summed E-state index contributed by atoms with van der Waals surface area (Å²) in [6.07, 6.45) is 3.67. The van der Waals surface area contributed by atoms with Gasteiger partial charge in [-0.3, -0.25) is 9.35 Å². The molecular weight excluding hydrogens is 444 g/mol. The van der Waals surface area contributed by atoms with Crippen LogP contribution in [0.15, 0.2) is 0 Å². The molecule has 180 valence electrons. The third-order valence-electron chi connectivity index (χ3n) is 6.58. The number of hydrogen-bond acceptors (Lipinski definition) is 7. The molecule has 2 atom stereocenters. The third kappa shape index (κ3) is 4.79. The van der Waals surface area contributed by atoms with E-state index in [2.05, 4.69) is 14.9 Å². The van der Waals surface area contributed by atoms with Crippen molar-refractivity contribution in [3.8, 4) is 0 Å². The van der Waals surface area contributed by atoms with Gasteiger partial charge in [-0.2, -0.15) is 13.5 Å². The van der Waals surface area contributed by atoms with Crippen molar-refractivity contribution in [3.63, 3.8) is 0 Å². The molecule has 2 aliphatic heterocycles. The Balaban J connectivity index is 1.22. The summed E-state index contributed by atoms with van der Waals surface area (Å²) in [5.74, 6) is -0.270. The van der Waals surface area contributed by atoms with Crippen molar-refractivity contribution in [1.82, 2.24) is 20.6 Å². The van der Waals surface area contributed by atoms with Crippen molar-refractivity contribution in [2.75, 3.05) is 6.54 Å². The summed E-state index contributed by atoms with van der Waals surface area (Å²) in [6.45, 7) is 5.61. The number of hydrogen-bond donors (Lipinski definition) is 3. The molecule has 0 aromatic carbocycles. The van der Waals surface area contributed by atoms with Gasteiger partial charge in [0.1, 0.15) is 11.6 Å². The highest BCUT2D eigenvalue weighted by molar-refractivity contribution is 7.80. The zero-order valence-electron chi connectivity index (χ0n) is 18.4. The minimum absolute atomic E-state index is 0.00516. The maximum Gasteiger partial charge on any atom is 0.418 e. The maximum atomic E-state index is 12.8. The van der Waals surface area contributed by atoms with E-state index in [0.717, 1.165) is 25.7 Å². The van der Waals surface area contributed by atoms with Gasteiger partial charge in [0.05, 0.1) is 6.04 Å². The number of urea groups is 1. The van der Waals surface area contributed by atoms with Gasteiger partial charge in [-0.1, -0.05) is 0 Å². The first-order chi connectivity index (χ1) is 14.7. The lowest BCUT2D eigenvalue weighted by Crippen LogP contribution is -2.63. The molecule has 0 radical (unpaired) electrons. The standard InChI is InChI=1S/C19H30N4O8S/c1-18(2,3)30-16(25)21-12-8-19(9-12)6-11(7-19)20-15(24)14-5-4-13-10-22(14)17(26)23(13)31-32(27,28)29/h11-14H,4-10H2,1-3H3,(H,20,24)(H,21,25)(H,27,28,29). The highest BCUT2D eigenvalue weighted by Gasteiger charge is 2.55. The van der Waals surface area contributed by atoms with E-state index in [4.69, 9.17) is 9.29 Å². The number of amides is 4. The molecule has 12 nitrogen and oxygen atoms in total. The molecule has 2 saturated carbocycles. The second-order valence-electron chi connectivity index (χ2n) is 10.4. The number of nitrogens with zero attached hydrogens (tertiary/aromatic N) is 2. The average molecular weight is 475 g/mol. The minimum Gasteiger partial charge on any atom is -0.444 e. The van der Waals surface area contributed by atoms with E-state index in [9.17, 15) is 22.8 Å². The number of nitrogens with one attached hydrogen (secondary N) is 2. The minimum atomic E-state index is -4.82. The Morgan fingerprint density at radius 3 is 2.25 bits per heavy atom. The normalized spacial score (nSPS) is 34.1. The number of hydroxylamine groups is 2. The fraction of sp³-hybridized carbons (Fsp3) is 0.842. The molecule has 0 aromatic rings. The first-order valence-electron chi connectivity index (χ1n) is 10.8. The molecule has 2 heterocycles. The molecule has 2 saturated heterocycles. The van der Waals surface area contributed by atoms with Gasteiger partial charge in [-0.05, 0) is 64.7 Å². The second kappa shape index (κ2) is 7.73. The van der Waals surface area contributed by atoms with Gasteiger partial charge < -0.3 is 20.3 Å². The Morgan fingerprint density at radius 2 is 1.69 bits per heavy atom. The molecule has 32 heavy (non-hydrogen) atoms. The van der Waals surface area contributed by atoms with Crippen LogP contribution in [0.2, 0.25) is 0 Å². The van der Waals surface area contributed by atoms with Gasteiger partial charge >= 0.3 is 22.5 Å². The first-order valence-corrected chi connectivity index (χ1v) is 12.2. The van der Waals surface area contributed by atoms with Crippen LogP contribution in [0.4, 0.5) is 9.59 Å². The fourth-order valence-corrected chi connectivity index (χ4v) is 5.77. The van der Waals surface area contributed by atoms with Crippen LogP contribution >= 0.6 is 0 Å². The van der Waals surface area contributed by atoms with Crippen LogP contribution in [0.25, 0.3) is 0 Å². The lowest BCUT2D eigenvalue weighted by atomic mass is 9.52. The third-order valence-corrected chi connectivity index (χ3v) is 6.93. The number of fused-ring (bicyclic) bond motifs is 2. The van der Waals surface area contributed by atoms with E-state index in [1.807, 2.05) is 20.8 Å². The van der Waals surface area contributed by atoms with E-state index in [1.54, 1.807) is 0 Å². The molecule has 1 spiro atoms. The van der Waals surface area contributed by atoms with E-state index in [0.29, 0.717) is 17.9 Å². The number of carbonyl (C=O) groups excluding carboxylic acids is 3. The number of carbonyl (C=O) groups is 3. The van der Waals surface area contributed by atoms with E-state index in [1.165, 1.54) is 4.90 Å². The largest absolute Gasteiger partial charge is 0.444 e. The van der Waals surface area contributed by atoms with Gasteiger partial charge in [0.25, 0.3) is 0 Å². The van der Waals surface area contributed by atoms with Gasteiger partial charge in [-0.25, -0.2) is 9.59 Å². The lowest BCUT2D eigenvalue weighted by molar-refractivity contribution is -0.129. The van der Waals surface area contributed by atoms with E-state index >= 15 is 0 Å². The number of ether oxygens (including phenoxy) is 1. The smallest absolute Gasteiger partial charge is 0.418 e. The van der Waals surface area contributed by atoms with Crippen molar-refractivity contribution < 1.29 is 36.4 Å². The monoisotopic (exact) mass is 474 g/mol. The van der Waals surface area contributed by atoms with Crippen LogP contribution in [0.1, 0.15) is 59.3 Å². The van der Waals surface area contributed by atoms with Gasteiger partial charge in [0.2, 0.25) is 5.91 Å².